The zero-order chi connectivity index (χ0) is 14.5. The number of hydrogen-bond donors (Lipinski definition) is 1. The van der Waals surface area contributed by atoms with E-state index in [2.05, 4.69) is 5.32 Å². The molecule has 6 nitrogen and oxygen atoms in total. The first-order chi connectivity index (χ1) is 8.73. The first kappa shape index (κ1) is 16.9. The molecule has 114 valence electrons. The highest BCUT2D eigenvalue weighted by atomic mass is 32.2. The van der Waals surface area contributed by atoms with Gasteiger partial charge in [-0.15, -0.1) is 0 Å². The van der Waals surface area contributed by atoms with Gasteiger partial charge >= 0.3 is 0 Å². The molecule has 1 fully saturated rings. The van der Waals surface area contributed by atoms with Crippen LogP contribution in [0.15, 0.2) is 0 Å². The van der Waals surface area contributed by atoms with E-state index in [4.69, 9.17) is 0 Å². The molecule has 0 atom stereocenters. The van der Waals surface area contributed by atoms with Gasteiger partial charge in [-0.05, 0) is 19.4 Å². The second-order valence-corrected chi connectivity index (χ2v) is 9.57. The highest BCUT2D eigenvalue weighted by molar-refractivity contribution is 7.92. The van der Waals surface area contributed by atoms with E-state index in [1.165, 1.54) is 4.31 Å². The quantitative estimate of drug-likeness (QED) is 0.660. The molecule has 1 aliphatic rings. The van der Waals surface area contributed by atoms with Crippen LogP contribution in [-0.4, -0.2) is 64.1 Å². The summed E-state index contributed by atoms with van der Waals surface area (Å²) >= 11 is 0. The third-order valence-corrected chi connectivity index (χ3v) is 6.64. The molecular weight excluding hydrogens is 288 g/mol. The largest absolute Gasteiger partial charge is 0.315 e. The van der Waals surface area contributed by atoms with Crippen molar-refractivity contribution in [2.75, 3.05) is 36.9 Å². The minimum absolute atomic E-state index is 0.0544. The maximum atomic E-state index is 12.0. The molecule has 1 saturated heterocycles. The minimum Gasteiger partial charge on any atom is -0.315 e. The Balaban J connectivity index is 2.32. The molecule has 1 heterocycles. The molecule has 0 aromatic carbocycles. The molecular formula is C11H24N2O4S2. The van der Waals surface area contributed by atoms with Crippen LogP contribution in [0.4, 0.5) is 0 Å². The van der Waals surface area contributed by atoms with E-state index in [-0.39, 0.29) is 30.3 Å². The van der Waals surface area contributed by atoms with E-state index in [1.54, 1.807) is 0 Å². The van der Waals surface area contributed by atoms with Crippen molar-refractivity contribution in [1.82, 2.24) is 9.62 Å². The summed E-state index contributed by atoms with van der Waals surface area (Å²) in [4.78, 5) is 0. The van der Waals surface area contributed by atoms with Crippen molar-refractivity contribution in [1.29, 1.82) is 0 Å². The summed E-state index contributed by atoms with van der Waals surface area (Å²) in [6, 6.07) is 0.406. The summed E-state index contributed by atoms with van der Waals surface area (Å²) in [6.07, 6.45) is 1.41. The Kier molecular flexibility index (Phi) is 6.22. The fourth-order valence-corrected chi connectivity index (χ4v) is 4.90. The van der Waals surface area contributed by atoms with Gasteiger partial charge in [0.25, 0.3) is 0 Å². The number of sulfone groups is 1. The van der Waals surface area contributed by atoms with Crippen molar-refractivity contribution < 1.29 is 16.8 Å². The fourth-order valence-electron chi connectivity index (χ4n) is 1.90. The van der Waals surface area contributed by atoms with Crippen LogP contribution in [-0.2, 0) is 19.9 Å². The van der Waals surface area contributed by atoms with E-state index in [9.17, 15) is 16.8 Å². The van der Waals surface area contributed by atoms with Crippen molar-refractivity contribution in [2.45, 2.75) is 32.7 Å². The van der Waals surface area contributed by atoms with E-state index in [1.807, 2.05) is 13.8 Å². The Labute approximate surface area is 116 Å². The van der Waals surface area contributed by atoms with Crippen LogP contribution in [0.2, 0.25) is 0 Å². The van der Waals surface area contributed by atoms with Crippen LogP contribution in [0.5, 0.6) is 0 Å². The molecule has 0 aliphatic carbocycles. The molecule has 0 radical (unpaired) electrons. The summed E-state index contributed by atoms with van der Waals surface area (Å²) in [5.74, 6) is -0.00487. The lowest BCUT2D eigenvalue weighted by Gasteiger charge is -2.25. The minimum atomic E-state index is -3.29. The van der Waals surface area contributed by atoms with Crippen LogP contribution < -0.4 is 5.32 Å². The second-order valence-electron chi connectivity index (χ2n) is 5.18. The first-order valence-electron chi connectivity index (χ1n) is 6.64. The van der Waals surface area contributed by atoms with Gasteiger partial charge in [-0.1, -0.05) is 13.8 Å². The molecule has 0 aromatic heterocycles. The number of nitrogens with one attached hydrogen (secondary N) is 1. The van der Waals surface area contributed by atoms with Gasteiger partial charge in [0, 0.05) is 19.1 Å². The summed E-state index contributed by atoms with van der Waals surface area (Å²) in [6.45, 7) is 5.11. The molecule has 0 unspecified atom stereocenters. The highest BCUT2D eigenvalue weighted by Gasteiger charge is 2.29. The SMILES string of the molecule is CC(C)NCCCCS(=O)(=O)N1CCS(=O)(=O)CC1. The van der Waals surface area contributed by atoms with Crippen molar-refractivity contribution in [3.05, 3.63) is 0 Å². The summed E-state index contributed by atoms with van der Waals surface area (Å²) < 4.78 is 47.8. The second kappa shape index (κ2) is 7.01. The number of rotatable bonds is 7. The van der Waals surface area contributed by atoms with Gasteiger partial charge in [0.05, 0.1) is 17.3 Å². The molecule has 0 bridgehead atoms. The Morgan fingerprint density at radius 1 is 1.16 bits per heavy atom. The van der Waals surface area contributed by atoms with Crippen molar-refractivity contribution >= 4 is 19.9 Å². The fraction of sp³-hybridized carbons (Fsp3) is 1.00. The maximum Gasteiger partial charge on any atom is 0.214 e. The van der Waals surface area contributed by atoms with Gasteiger partial charge in [0.15, 0.2) is 9.84 Å². The maximum absolute atomic E-state index is 12.0. The van der Waals surface area contributed by atoms with Gasteiger partial charge in [0.2, 0.25) is 10.0 Å². The number of hydrogen-bond acceptors (Lipinski definition) is 5. The number of sulfonamides is 1. The van der Waals surface area contributed by atoms with Crippen molar-refractivity contribution in [2.24, 2.45) is 0 Å². The van der Waals surface area contributed by atoms with Crippen LogP contribution in [0.25, 0.3) is 0 Å². The topological polar surface area (TPSA) is 83.6 Å². The number of nitrogens with zero attached hydrogens (tertiary/aromatic N) is 1. The summed E-state index contributed by atoms with van der Waals surface area (Å²) in [7, 11) is -6.32. The van der Waals surface area contributed by atoms with Crippen LogP contribution in [0.3, 0.4) is 0 Å². The zero-order valence-corrected chi connectivity index (χ0v) is 13.3. The molecule has 1 N–H and O–H groups in total. The highest BCUT2D eigenvalue weighted by Crippen LogP contribution is 2.11. The van der Waals surface area contributed by atoms with Crippen LogP contribution in [0.1, 0.15) is 26.7 Å². The van der Waals surface area contributed by atoms with Gasteiger partial charge < -0.3 is 5.32 Å². The van der Waals surface area contributed by atoms with Crippen molar-refractivity contribution in [3.63, 3.8) is 0 Å². The average Bonchev–Trinajstić information content (AvgIpc) is 2.27. The Bertz CT molecular complexity index is 457. The van der Waals surface area contributed by atoms with E-state index >= 15 is 0 Å². The summed E-state index contributed by atoms with van der Waals surface area (Å²) in [5.41, 5.74) is 0. The first-order valence-corrected chi connectivity index (χ1v) is 10.1. The number of unbranched alkanes of at least 4 members (excludes halogenated alkanes) is 1. The smallest absolute Gasteiger partial charge is 0.214 e. The Morgan fingerprint density at radius 2 is 1.74 bits per heavy atom. The van der Waals surface area contributed by atoms with E-state index in [0.717, 1.165) is 13.0 Å². The molecule has 0 aromatic rings. The zero-order valence-electron chi connectivity index (χ0n) is 11.6. The molecule has 19 heavy (non-hydrogen) atoms. The standard InChI is InChI=1S/C11H24N2O4S2/c1-11(2)12-5-3-4-8-19(16,17)13-6-9-18(14,15)10-7-13/h11-12H,3-10H2,1-2H3. The lowest BCUT2D eigenvalue weighted by atomic mass is 10.3. The van der Waals surface area contributed by atoms with Crippen LogP contribution >= 0.6 is 0 Å². The monoisotopic (exact) mass is 312 g/mol. The summed E-state index contributed by atoms with van der Waals surface area (Å²) in [5, 5.41) is 3.23. The normalized spacial score (nSPS) is 20.8. The van der Waals surface area contributed by atoms with Gasteiger partial charge in [-0.2, -0.15) is 4.31 Å². The Hall–Kier alpha value is -0.180. The molecule has 0 amide bonds. The molecule has 1 rings (SSSR count). The Morgan fingerprint density at radius 3 is 2.26 bits per heavy atom. The third kappa shape index (κ3) is 6.20. The van der Waals surface area contributed by atoms with Crippen molar-refractivity contribution in [3.8, 4) is 0 Å². The molecule has 0 spiro atoms. The average molecular weight is 312 g/mol. The van der Waals surface area contributed by atoms with Gasteiger partial charge in [-0.25, -0.2) is 16.8 Å². The molecule has 8 heteroatoms. The van der Waals surface area contributed by atoms with E-state index in [0.29, 0.717) is 12.5 Å². The lowest BCUT2D eigenvalue weighted by Crippen LogP contribution is -2.44. The predicted octanol–water partition coefficient (Wildman–Crippen LogP) is -0.175. The predicted molar refractivity (Wildman–Crippen MR) is 76.4 cm³/mol. The molecule has 1 aliphatic heterocycles. The van der Waals surface area contributed by atoms with Crippen LogP contribution in [0, 0.1) is 0 Å². The third-order valence-electron chi connectivity index (χ3n) is 3.08. The van der Waals surface area contributed by atoms with Gasteiger partial charge in [-0.3, -0.25) is 0 Å². The van der Waals surface area contributed by atoms with Gasteiger partial charge in [0.1, 0.15) is 0 Å². The lowest BCUT2D eigenvalue weighted by molar-refractivity contribution is 0.429. The van der Waals surface area contributed by atoms with E-state index < -0.39 is 19.9 Å². The molecule has 0 saturated carbocycles.